The van der Waals surface area contributed by atoms with Crippen LogP contribution in [0, 0.1) is 25.2 Å². The van der Waals surface area contributed by atoms with Gasteiger partial charge < -0.3 is 9.88 Å². The van der Waals surface area contributed by atoms with Crippen molar-refractivity contribution in [2.75, 3.05) is 5.32 Å². The van der Waals surface area contributed by atoms with E-state index >= 15 is 0 Å². The second-order valence-electron chi connectivity index (χ2n) is 4.50. The van der Waals surface area contributed by atoms with E-state index in [1.54, 1.807) is 0 Å². The van der Waals surface area contributed by atoms with Gasteiger partial charge in [-0.25, -0.2) is 0 Å². The average Bonchev–Trinajstić information content (AvgIpc) is 2.64. The lowest BCUT2D eigenvalue weighted by atomic mass is 10.2. The summed E-state index contributed by atoms with van der Waals surface area (Å²) in [6, 6.07) is 11.8. The van der Waals surface area contributed by atoms with Crippen molar-refractivity contribution in [2.45, 2.75) is 20.4 Å². The molecule has 2 rings (SSSR count). The largest absolute Gasteiger partial charge is 0.381 e. The Bertz CT molecular complexity index is 585. The first-order chi connectivity index (χ1) is 8.61. The Hall–Kier alpha value is -2.21. The standard InChI is InChI=1S/C15H17N3/c1-11-8-14(12(2)18(11)3)10-17-15-6-4-13(9-16)5-7-15/h4-8,17H,10H2,1-3H3. The van der Waals surface area contributed by atoms with Gasteiger partial charge in [0.2, 0.25) is 0 Å². The van der Waals surface area contributed by atoms with E-state index < -0.39 is 0 Å². The predicted octanol–water partition coefficient (Wildman–Crippen LogP) is 3.13. The number of nitrogens with one attached hydrogen (secondary N) is 1. The van der Waals surface area contributed by atoms with E-state index in [1.165, 1.54) is 17.0 Å². The van der Waals surface area contributed by atoms with Crippen molar-refractivity contribution >= 4 is 5.69 Å². The third-order valence-electron chi connectivity index (χ3n) is 3.38. The van der Waals surface area contributed by atoms with Gasteiger partial charge in [0.1, 0.15) is 0 Å². The van der Waals surface area contributed by atoms with Crippen LogP contribution in [0.1, 0.15) is 22.5 Å². The van der Waals surface area contributed by atoms with Crippen molar-refractivity contribution in [3.63, 3.8) is 0 Å². The van der Waals surface area contributed by atoms with Crippen LogP contribution < -0.4 is 5.32 Å². The monoisotopic (exact) mass is 239 g/mol. The minimum atomic E-state index is 0.687. The Morgan fingerprint density at radius 3 is 2.39 bits per heavy atom. The lowest BCUT2D eigenvalue weighted by Gasteiger charge is -2.06. The highest BCUT2D eigenvalue weighted by atomic mass is 15.0. The molecule has 2 aromatic rings. The molecule has 0 saturated carbocycles. The van der Waals surface area contributed by atoms with E-state index in [-0.39, 0.29) is 0 Å². The number of nitrogens with zero attached hydrogens (tertiary/aromatic N) is 2. The summed E-state index contributed by atoms with van der Waals surface area (Å²) in [6.45, 7) is 5.04. The van der Waals surface area contributed by atoms with Gasteiger partial charge in [0, 0.05) is 30.7 Å². The SMILES string of the molecule is Cc1cc(CNc2ccc(C#N)cc2)c(C)n1C. The van der Waals surface area contributed by atoms with Crippen LogP contribution in [0.15, 0.2) is 30.3 Å². The number of benzene rings is 1. The van der Waals surface area contributed by atoms with Crippen LogP contribution in [-0.2, 0) is 13.6 Å². The average molecular weight is 239 g/mol. The van der Waals surface area contributed by atoms with Crippen molar-refractivity contribution in [3.05, 3.63) is 52.8 Å². The zero-order chi connectivity index (χ0) is 13.1. The first-order valence-electron chi connectivity index (χ1n) is 5.97. The number of anilines is 1. The molecular weight excluding hydrogens is 222 g/mol. The molecule has 1 heterocycles. The van der Waals surface area contributed by atoms with Crippen LogP contribution in [0.25, 0.3) is 0 Å². The van der Waals surface area contributed by atoms with Crippen molar-refractivity contribution in [1.29, 1.82) is 5.26 Å². The summed E-state index contributed by atoms with van der Waals surface area (Å²) in [7, 11) is 2.08. The van der Waals surface area contributed by atoms with Crippen LogP contribution in [0.5, 0.6) is 0 Å². The molecule has 0 atom stereocenters. The number of rotatable bonds is 3. The van der Waals surface area contributed by atoms with Crippen LogP contribution in [0.3, 0.4) is 0 Å². The first kappa shape index (κ1) is 12.3. The second kappa shape index (κ2) is 4.97. The molecule has 0 aliphatic rings. The topological polar surface area (TPSA) is 40.8 Å². The molecule has 0 aliphatic heterocycles. The molecule has 0 radical (unpaired) electrons. The minimum absolute atomic E-state index is 0.687. The van der Waals surface area contributed by atoms with E-state index in [1.807, 2.05) is 24.3 Å². The van der Waals surface area contributed by atoms with Gasteiger partial charge in [-0.2, -0.15) is 5.26 Å². The molecule has 3 heteroatoms. The van der Waals surface area contributed by atoms with E-state index in [9.17, 15) is 0 Å². The van der Waals surface area contributed by atoms with Gasteiger partial charge in [0.15, 0.2) is 0 Å². The van der Waals surface area contributed by atoms with Crippen molar-refractivity contribution in [3.8, 4) is 6.07 Å². The molecule has 0 fully saturated rings. The smallest absolute Gasteiger partial charge is 0.0991 e. The fraction of sp³-hybridized carbons (Fsp3) is 0.267. The van der Waals surface area contributed by atoms with Gasteiger partial charge in [-0.3, -0.25) is 0 Å². The lowest BCUT2D eigenvalue weighted by molar-refractivity contribution is 0.837. The fourth-order valence-corrected chi connectivity index (χ4v) is 1.97. The van der Waals surface area contributed by atoms with E-state index in [0.717, 1.165) is 12.2 Å². The molecule has 1 N–H and O–H groups in total. The van der Waals surface area contributed by atoms with Crippen LogP contribution >= 0.6 is 0 Å². The zero-order valence-electron chi connectivity index (χ0n) is 11.0. The van der Waals surface area contributed by atoms with Gasteiger partial charge >= 0.3 is 0 Å². The Morgan fingerprint density at radius 1 is 1.22 bits per heavy atom. The van der Waals surface area contributed by atoms with Crippen LogP contribution in [-0.4, -0.2) is 4.57 Å². The molecule has 92 valence electrons. The quantitative estimate of drug-likeness (QED) is 0.894. The summed E-state index contributed by atoms with van der Waals surface area (Å²) in [4.78, 5) is 0. The number of aryl methyl sites for hydroxylation is 1. The van der Waals surface area contributed by atoms with Gasteiger partial charge in [0.05, 0.1) is 11.6 Å². The van der Waals surface area contributed by atoms with Crippen LogP contribution in [0.4, 0.5) is 5.69 Å². The van der Waals surface area contributed by atoms with E-state index in [2.05, 4.69) is 42.9 Å². The molecule has 0 aliphatic carbocycles. The summed E-state index contributed by atoms with van der Waals surface area (Å²) >= 11 is 0. The molecule has 0 unspecified atom stereocenters. The normalized spacial score (nSPS) is 10.1. The van der Waals surface area contributed by atoms with Gasteiger partial charge in [-0.05, 0) is 49.7 Å². The summed E-state index contributed by atoms with van der Waals surface area (Å²) in [5, 5.41) is 12.1. The summed E-state index contributed by atoms with van der Waals surface area (Å²) in [6.07, 6.45) is 0. The maximum absolute atomic E-state index is 8.73. The molecule has 0 saturated heterocycles. The zero-order valence-corrected chi connectivity index (χ0v) is 11.0. The highest BCUT2D eigenvalue weighted by Gasteiger charge is 2.05. The summed E-state index contributed by atoms with van der Waals surface area (Å²) < 4.78 is 2.19. The molecule has 0 spiro atoms. The van der Waals surface area contributed by atoms with Crippen molar-refractivity contribution in [1.82, 2.24) is 4.57 Å². The van der Waals surface area contributed by atoms with Crippen molar-refractivity contribution < 1.29 is 0 Å². The first-order valence-corrected chi connectivity index (χ1v) is 5.97. The number of hydrogen-bond acceptors (Lipinski definition) is 2. The molecule has 0 bridgehead atoms. The number of hydrogen-bond donors (Lipinski definition) is 1. The van der Waals surface area contributed by atoms with Gasteiger partial charge in [-0.15, -0.1) is 0 Å². The molecule has 18 heavy (non-hydrogen) atoms. The fourth-order valence-electron chi connectivity index (χ4n) is 1.97. The molecule has 1 aromatic heterocycles. The highest BCUT2D eigenvalue weighted by molar-refractivity contribution is 5.47. The number of aromatic nitrogens is 1. The van der Waals surface area contributed by atoms with E-state index in [0.29, 0.717) is 5.56 Å². The minimum Gasteiger partial charge on any atom is -0.381 e. The lowest BCUT2D eigenvalue weighted by Crippen LogP contribution is -2.01. The maximum atomic E-state index is 8.73. The number of nitriles is 1. The Labute approximate surface area is 108 Å². The molecule has 1 aromatic carbocycles. The maximum Gasteiger partial charge on any atom is 0.0991 e. The van der Waals surface area contributed by atoms with Gasteiger partial charge in [-0.1, -0.05) is 0 Å². The molecule has 3 nitrogen and oxygen atoms in total. The van der Waals surface area contributed by atoms with Crippen LogP contribution in [0.2, 0.25) is 0 Å². The van der Waals surface area contributed by atoms with Gasteiger partial charge in [0.25, 0.3) is 0 Å². The molecule has 0 amide bonds. The Morgan fingerprint density at radius 2 is 1.89 bits per heavy atom. The summed E-state index contributed by atoms with van der Waals surface area (Å²) in [5.41, 5.74) is 5.58. The highest BCUT2D eigenvalue weighted by Crippen LogP contribution is 2.16. The second-order valence-corrected chi connectivity index (χ2v) is 4.50. The predicted molar refractivity (Wildman–Crippen MR) is 73.4 cm³/mol. The third kappa shape index (κ3) is 2.38. The Balaban J connectivity index is 2.07. The van der Waals surface area contributed by atoms with Crippen molar-refractivity contribution in [2.24, 2.45) is 7.05 Å². The third-order valence-corrected chi connectivity index (χ3v) is 3.38. The summed E-state index contributed by atoms with van der Waals surface area (Å²) in [5.74, 6) is 0. The Kier molecular flexibility index (Phi) is 3.38. The molecular formula is C15H17N3. The van der Waals surface area contributed by atoms with E-state index in [4.69, 9.17) is 5.26 Å².